The summed E-state index contributed by atoms with van der Waals surface area (Å²) in [5, 5.41) is 8.87. The molecule has 5 heteroatoms. The monoisotopic (exact) mass is 216 g/mol. The average Bonchev–Trinajstić information content (AvgIpc) is 2.01. The number of aliphatic carboxylic acids is 1. The predicted octanol–water partition coefficient (Wildman–Crippen LogP) is 0.435. The van der Waals surface area contributed by atoms with E-state index in [0.29, 0.717) is 6.42 Å². The molecule has 0 bridgehead atoms. The van der Waals surface area contributed by atoms with Gasteiger partial charge in [0.1, 0.15) is 6.04 Å². The number of hydrogen-bond acceptors (Lipinski definition) is 3. The molecule has 15 heavy (non-hydrogen) atoms. The van der Waals surface area contributed by atoms with Crippen LogP contribution in [0.3, 0.4) is 0 Å². The first kappa shape index (κ1) is 13.9. The molecule has 0 aromatic heterocycles. The number of amides is 1. The lowest BCUT2D eigenvalue weighted by Crippen LogP contribution is -2.46. The highest BCUT2D eigenvalue weighted by Gasteiger charge is 2.27. The van der Waals surface area contributed by atoms with Gasteiger partial charge in [0.15, 0.2) is 0 Å². The Kier molecular flexibility index (Phi) is 4.74. The summed E-state index contributed by atoms with van der Waals surface area (Å²) in [4.78, 5) is 23.7. The van der Waals surface area contributed by atoms with Crippen LogP contribution in [0.25, 0.3) is 0 Å². The third-order valence-corrected chi connectivity index (χ3v) is 2.14. The number of carboxylic acid groups (broad SMARTS) is 1. The Morgan fingerprint density at radius 1 is 1.47 bits per heavy atom. The van der Waals surface area contributed by atoms with Gasteiger partial charge in [0.2, 0.25) is 5.91 Å². The quantitative estimate of drug-likeness (QED) is 0.698. The molecule has 1 amide bonds. The highest BCUT2D eigenvalue weighted by Crippen LogP contribution is 2.10. The van der Waals surface area contributed by atoms with E-state index in [1.807, 2.05) is 0 Å². The highest BCUT2D eigenvalue weighted by molar-refractivity contribution is 5.83. The Labute approximate surface area is 90.2 Å². The molecule has 0 saturated carbocycles. The summed E-state index contributed by atoms with van der Waals surface area (Å²) in [5.41, 5.74) is 5.09. The zero-order chi connectivity index (χ0) is 12.2. The van der Waals surface area contributed by atoms with Gasteiger partial charge in [-0.15, -0.1) is 0 Å². The van der Waals surface area contributed by atoms with Crippen molar-refractivity contribution in [1.82, 2.24) is 4.90 Å². The number of carboxylic acids is 1. The van der Waals surface area contributed by atoms with Crippen molar-refractivity contribution in [2.24, 2.45) is 5.73 Å². The first-order valence-electron chi connectivity index (χ1n) is 4.96. The Hall–Kier alpha value is -1.10. The van der Waals surface area contributed by atoms with Gasteiger partial charge in [-0.3, -0.25) is 4.79 Å². The van der Waals surface area contributed by atoms with E-state index in [-0.39, 0.29) is 12.3 Å². The number of likely N-dealkylation sites (N-methyl/N-ethyl adjacent to an activating group) is 1. The van der Waals surface area contributed by atoms with E-state index in [0.717, 1.165) is 0 Å². The average molecular weight is 216 g/mol. The van der Waals surface area contributed by atoms with Crippen LogP contribution in [0.4, 0.5) is 0 Å². The minimum Gasteiger partial charge on any atom is -0.480 e. The van der Waals surface area contributed by atoms with Gasteiger partial charge in [0.25, 0.3) is 0 Å². The summed E-state index contributed by atoms with van der Waals surface area (Å²) in [5.74, 6) is -1.22. The molecule has 0 heterocycles. The standard InChI is InChI=1S/C10H20N2O3/c1-5-7(9(14)15)12(4)8(13)6-10(2,3)11/h7H,5-6,11H2,1-4H3,(H,14,15). The maximum absolute atomic E-state index is 11.6. The Balaban J connectivity index is 4.49. The van der Waals surface area contributed by atoms with Crippen LogP contribution in [-0.2, 0) is 9.59 Å². The van der Waals surface area contributed by atoms with E-state index < -0.39 is 17.6 Å². The number of nitrogens with zero attached hydrogens (tertiary/aromatic N) is 1. The van der Waals surface area contributed by atoms with Gasteiger partial charge in [-0.25, -0.2) is 4.79 Å². The van der Waals surface area contributed by atoms with Crippen LogP contribution < -0.4 is 5.73 Å². The normalized spacial score (nSPS) is 13.4. The maximum atomic E-state index is 11.6. The molecule has 88 valence electrons. The van der Waals surface area contributed by atoms with Gasteiger partial charge < -0.3 is 15.7 Å². The van der Waals surface area contributed by atoms with Gasteiger partial charge in [0.05, 0.1) is 0 Å². The molecule has 0 aromatic carbocycles. The van der Waals surface area contributed by atoms with Crippen LogP contribution in [0.2, 0.25) is 0 Å². The molecule has 0 aliphatic rings. The first-order valence-corrected chi connectivity index (χ1v) is 4.96. The topological polar surface area (TPSA) is 83.6 Å². The molecule has 0 radical (unpaired) electrons. The van der Waals surface area contributed by atoms with E-state index in [2.05, 4.69) is 0 Å². The summed E-state index contributed by atoms with van der Waals surface area (Å²) < 4.78 is 0. The SMILES string of the molecule is CCC(C(=O)O)N(C)C(=O)CC(C)(C)N. The van der Waals surface area contributed by atoms with Gasteiger partial charge >= 0.3 is 5.97 Å². The second kappa shape index (κ2) is 5.11. The smallest absolute Gasteiger partial charge is 0.326 e. The molecule has 1 unspecified atom stereocenters. The third kappa shape index (κ3) is 4.78. The molecule has 0 aliphatic carbocycles. The largest absolute Gasteiger partial charge is 0.480 e. The fourth-order valence-corrected chi connectivity index (χ4v) is 1.30. The molecule has 0 saturated heterocycles. The Morgan fingerprint density at radius 2 is 1.93 bits per heavy atom. The molecular formula is C10H20N2O3. The fourth-order valence-electron chi connectivity index (χ4n) is 1.30. The van der Waals surface area contributed by atoms with Gasteiger partial charge in [0, 0.05) is 19.0 Å². The summed E-state index contributed by atoms with van der Waals surface area (Å²) >= 11 is 0. The maximum Gasteiger partial charge on any atom is 0.326 e. The lowest BCUT2D eigenvalue weighted by molar-refractivity contribution is -0.149. The number of carbonyl (C=O) groups excluding carboxylic acids is 1. The molecule has 0 spiro atoms. The third-order valence-electron chi connectivity index (χ3n) is 2.14. The highest BCUT2D eigenvalue weighted by atomic mass is 16.4. The van der Waals surface area contributed by atoms with Crippen LogP contribution in [0, 0.1) is 0 Å². The lowest BCUT2D eigenvalue weighted by Gasteiger charge is -2.27. The molecule has 0 aliphatic heterocycles. The molecule has 5 nitrogen and oxygen atoms in total. The molecule has 0 rings (SSSR count). The van der Waals surface area contributed by atoms with Crippen molar-refractivity contribution >= 4 is 11.9 Å². The van der Waals surface area contributed by atoms with Crippen molar-refractivity contribution in [3.8, 4) is 0 Å². The van der Waals surface area contributed by atoms with E-state index in [1.54, 1.807) is 20.8 Å². The van der Waals surface area contributed by atoms with E-state index in [9.17, 15) is 9.59 Å². The van der Waals surface area contributed by atoms with Crippen LogP contribution in [0.5, 0.6) is 0 Å². The van der Waals surface area contributed by atoms with E-state index in [1.165, 1.54) is 11.9 Å². The van der Waals surface area contributed by atoms with Gasteiger partial charge in [-0.05, 0) is 20.3 Å². The first-order chi connectivity index (χ1) is 6.69. The van der Waals surface area contributed by atoms with Crippen molar-refractivity contribution in [2.45, 2.75) is 45.2 Å². The van der Waals surface area contributed by atoms with Crippen LogP contribution in [0.15, 0.2) is 0 Å². The lowest BCUT2D eigenvalue weighted by atomic mass is 10.0. The van der Waals surface area contributed by atoms with Gasteiger partial charge in [-0.1, -0.05) is 6.92 Å². The summed E-state index contributed by atoms with van der Waals surface area (Å²) in [6.45, 7) is 5.21. The van der Waals surface area contributed by atoms with Crippen molar-refractivity contribution < 1.29 is 14.7 Å². The van der Waals surface area contributed by atoms with Crippen LogP contribution in [0.1, 0.15) is 33.6 Å². The fraction of sp³-hybridized carbons (Fsp3) is 0.800. The van der Waals surface area contributed by atoms with Crippen molar-refractivity contribution in [1.29, 1.82) is 0 Å². The van der Waals surface area contributed by atoms with Crippen LogP contribution in [-0.4, -0.2) is 40.5 Å². The summed E-state index contributed by atoms with van der Waals surface area (Å²) in [7, 11) is 1.50. The number of carbonyl (C=O) groups is 2. The van der Waals surface area contributed by atoms with E-state index >= 15 is 0 Å². The summed E-state index contributed by atoms with van der Waals surface area (Å²) in [6, 6.07) is -0.764. The summed E-state index contributed by atoms with van der Waals surface area (Å²) in [6.07, 6.45) is 0.538. The zero-order valence-corrected chi connectivity index (χ0v) is 9.78. The second-order valence-corrected chi connectivity index (χ2v) is 4.43. The van der Waals surface area contributed by atoms with Crippen LogP contribution >= 0.6 is 0 Å². The van der Waals surface area contributed by atoms with Crippen molar-refractivity contribution in [2.75, 3.05) is 7.05 Å². The predicted molar refractivity (Wildman–Crippen MR) is 57.4 cm³/mol. The Morgan fingerprint density at radius 3 is 2.20 bits per heavy atom. The number of nitrogens with two attached hydrogens (primary N) is 1. The zero-order valence-electron chi connectivity index (χ0n) is 9.78. The Bertz CT molecular complexity index is 246. The van der Waals surface area contributed by atoms with Crippen molar-refractivity contribution in [3.05, 3.63) is 0 Å². The molecular weight excluding hydrogens is 196 g/mol. The molecule has 1 atom stereocenters. The molecule has 0 aromatic rings. The minimum atomic E-state index is -0.983. The number of hydrogen-bond donors (Lipinski definition) is 2. The van der Waals surface area contributed by atoms with Gasteiger partial charge in [-0.2, -0.15) is 0 Å². The molecule has 3 N–H and O–H groups in total. The molecule has 0 fully saturated rings. The van der Waals surface area contributed by atoms with E-state index in [4.69, 9.17) is 10.8 Å². The second-order valence-electron chi connectivity index (χ2n) is 4.43. The van der Waals surface area contributed by atoms with Crippen molar-refractivity contribution in [3.63, 3.8) is 0 Å². The minimum absolute atomic E-state index is 0.146. The number of rotatable bonds is 5.